The van der Waals surface area contributed by atoms with Gasteiger partial charge in [0.1, 0.15) is 11.3 Å². The Kier molecular flexibility index (Phi) is 5.77. The van der Waals surface area contributed by atoms with Gasteiger partial charge in [-0.3, -0.25) is 9.52 Å². The van der Waals surface area contributed by atoms with Crippen molar-refractivity contribution in [2.45, 2.75) is 18.0 Å². The Bertz CT molecular complexity index is 1210. The topological polar surface area (TPSA) is 101 Å². The average Bonchev–Trinajstić information content (AvgIpc) is 3.08. The molecule has 0 spiro atoms. The summed E-state index contributed by atoms with van der Waals surface area (Å²) in [6, 6.07) is 7.73. The highest BCUT2D eigenvalue weighted by atomic mass is 35.5. The highest BCUT2D eigenvalue weighted by Gasteiger charge is 2.35. The zero-order chi connectivity index (χ0) is 22.1. The normalized spacial score (nSPS) is 11.9. The number of nitrogens with zero attached hydrogens (tertiary/aromatic N) is 1. The van der Waals surface area contributed by atoms with Crippen LogP contribution in [0.25, 0.3) is 0 Å². The minimum atomic E-state index is -4.90. The Morgan fingerprint density at radius 2 is 1.90 bits per heavy atom. The molecule has 7 nitrogen and oxygen atoms in total. The van der Waals surface area contributed by atoms with E-state index in [1.165, 1.54) is 25.1 Å². The number of sulfonamides is 1. The number of aryl methyl sites for hydroxylation is 1. The second-order valence-electron chi connectivity index (χ2n) is 6.07. The summed E-state index contributed by atoms with van der Waals surface area (Å²) < 4.78 is 72.2. The van der Waals surface area contributed by atoms with Crippen molar-refractivity contribution >= 4 is 38.9 Å². The van der Waals surface area contributed by atoms with Gasteiger partial charge in [-0.25, -0.2) is 8.42 Å². The standard InChI is InChI=1S/C18H13ClF3N3O4S/c1-10-14(9-23-29-10)17(26)24-12-5-6-16(15(8-12)18(20,21)22)25-30(27,28)13-4-2-3-11(19)7-13/h2-9,25H,1H3,(H,24,26). The van der Waals surface area contributed by atoms with Gasteiger partial charge >= 0.3 is 6.18 Å². The first-order valence-electron chi connectivity index (χ1n) is 8.19. The lowest BCUT2D eigenvalue weighted by molar-refractivity contribution is -0.136. The fourth-order valence-electron chi connectivity index (χ4n) is 2.50. The van der Waals surface area contributed by atoms with Crippen LogP contribution < -0.4 is 10.0 Å². The van der Waals surface area contributed by atoms with E-state index >= 15 is 0 Å². The van der Waals surface area contributed by atoms with Crippen LogP contribution in [0.15, 0.2) is 58.1 Å². The summed E-state index contributed by atoms with van der Waals surface area (Å²) >= 11 is 5.76. The summed E-state index contributed by atoms with van der Waals surface area (Å²) in [4.78, 5) is 11.9. The van der Waals surface area contributed by atoms with Gasteiger partial charge in [0.05, 0.1) is 22.3 Å². The van der Waals surface area contributed by atoms with Crippen LogP contribution in [0.2, 0.25) is 5.02 Å². The summed E-state index contributed by atoms with van der Waals surface area (Å²) in [7, 11) is -4.34. The van der Waals surface area contributed by atoms with Crippen LogP contribution in [0, 0.1) is 6.92 Å². The summed E-state index contributed by atoms with van der Waals surface area (Å²) in [5.74, 6) is -0.538. The average molecular weight is 460 g/mol. The smallest absolute Gasteiger partial charge is 0.361 e. The van der Waals surface area contributed by atoms with Gasteiger partial charge < -0.3 is 9.84 Å². The molecule has 0 saturated heterocycles. The third kappa shape index (κ3) is 4.74. The maximum Gasteiger partial charge on any atom is 0.418 e. The largest absolute Gasteiger partial charge is 0.418 e. The van der Waals surface area contributed by atoms with Crippen LogP contribution in [0.4, 0.5) is 24.5 Å². The second kappa shape index (κ2) is 8.00. The number of alkyl halides is 3. The molecule has 0 bridgehead atoms. The SMILES string of the molecule is Cc1oncc1C(=O)Nc1ccc(NS(=O)(=O)c2cccc(Cl)c2)c(C(F)(F)F)c1. The maximum absolute atomic E-state index is 13.6. The van der Waals surface area contributed by atoms with E-state index in [9.17, 15) is 26.4 Å². The second-order valence-corrected chi connectivity index (χ2v) is 8.19. The molecule has 3 rings (SSSR count). The molecule has 2 N–H and O–H groups in total. The number of hydrogen-bond donors (Lipinski definition) is 2. The van der Waals surface area contributed by atoms with Crippen LogP contribution in [0.1, 0.15) is 21.7 Å². The van der Waals surface area contributed by atoms with Crippen molar-refractivity contribution in [1.82, 2.24) is 5.16 Å². The van der Waals surface area contributed by atoms with Gasteiger partial charge in [0.2, 0.25) is 0 Å². The summed E-state index contributed by atoms with van der Waals surface area (Å²) in [5, 5.41) is 5.83. The molecule has 0 aliphatic carbocycles. The molecule has 0 aliphatic rings. The molecule has 0 saturated carbocycles. The van der Waals surface area contributed by atoms with E-state index < -0.39 is 33.4 Å². The molecule has 30 heavy (non-hydrogen) atoms. The number of hydrogen-bond acceptors (Lipinski definition) is 5. The number of aromatic nitrogens is 1. The number of carbonyl (C=O) groups is 1. The van der Waals surface area contributed by atoms with E-state index in [0.717, 1.165) is 24.4 Å². The minimum absolute atomic E-state index is 0.0503. The van der Waals surface area contributed by atoms with E-state index in [2.05, 4.69) is 10.5 Å². The monoisotopic (exact) mass is 459 g/mol. The summed E-state index contributed by atoms with van der Waals surface area (Å²) in [5.41, 5.74) is -2.14. The first kappa shape index (κ1) is 21.7. The van der Waals surface area contributed by atoms with Crippen molar-refractivity contribution in [2.24, 2.45) is 0 Å². The Hall–Kier alpha value is -3.05. The van der Waals surface area contributed by atoms with Crippen LogP contribution in [-0.4, -0.2) is 19.5 Å². The molecule has 1 heterocycles. The Labute approximate surface area is 173 Å². The van der Waals surface area contributed by atoms with Crippen molar-refractivity contribution in [3.05, 3.63) is 70.6 Å². The van der Waals surface area contributed by atoms with Crippen molar-refractivity contribution in [2.75, 3.05) is 10.0 Å². The number of halogens is 4. The molecule has 0 unspecified atom stereocenters. The van der Waals surface area contributed by atoms with Gasteiger partial charge in [-0.2, -0.15) is 13.2 Å². The Morgan fingerprint density at radius 1 is 1.17 bits per heavy atom. The van der Waals surface area contributed by atoms with Gasteiger partial charge in [0, 0.05) is 10.7 Å². The van der Waals surface area contributed by atoms with Gasteiger partial charge in [0.25, 0.3) is 15.9 Å². The lowest BCUT2D eigenvalue weighted by Gasteiger charge is -2.16. The van der Waals surface area contributed by atoms with E-state index in [1.807, 2.05) is 4.72 Å². The molecular weight excluding hydrogens is 447 g/mol. The zero-order valence-corrected chi connectivity index (χ0v) is 16.7. The third-order valence-electron chi connectivity index (χ3n) is 3.93. The summed E-state index contributed by atoms with van der Waals surface area (Å²) in [6.45, 7) is 1.47. The molecule has 3 aromatic rings. The zero-order valence-electron chi connectivity index (χ0n) is 15.1. The van der Waals surface area contributed by atoms with Crippen molar-refractivity contribution in [3.8, 4) is 0 Å². The Balaban J connectivity index is 1.94. The van der Waals surface area contributed by atoms with E-state index in [-0.39, 0.29) is 26.9 Å². The minimum Gasteiger partial charge on any atom is -0.361 e. The molecule has 0 atom stereocenters. The first-order valence-corrected chi connectivity index (χ1v) is 10.1. The lowest BCUT2D eigenvalue weighted by atomic mass is 10.1. The molecule has 2 aromatic carbocycles. The van der Waals surface area contributed by atoms with Crippen molar-refractivity contribution in [1.29, 1.82) is 0 Å². The third-order valence-corrected chi connectivity index (χ3v) is 5.53. The number of amides is 1. The van der Waals surface area contributed by atoms with Crippen LogP contribution in [-0.2, 0) is 16.2 Å². The van der Waals surface area contributed by atoms with Crippen molar-refractivity contribution < 1.29 is 30.9 Å². The van der Waals surface area contributed by atoms with Crippen LogP contribution in [0.5, 0.6) is 0 Å². The van der Waals surface area contributed by atoms with Gasteiger partial charge in [-0.1, -0.05) is 22.8 Å². The predicted molar refractivity (Wildman–Crippen MR) is 103 cm³/mol. The molecule has 12 heteroatoms. The fourth-order valence-corrected chi connectivity index (χ4v) is 3.88. The predicted octanol–water partition coefficient (Wildman–Crippen LogP) is 4.71. The maximum atomic E-state index is 13.6. The van der Waals surface area contributed by atoms with E-state index in [4.69, 9.17) is 16.1 Å². The number of nitrogens with one attached hydrogen (secondary N) is 2. The quantitative estimate of drug-likeness (QED) is 0.575. The van der Waals surface area contributed by atoms with Crippen LogP contribution in [0.3, 0.4) is 0 Å². The van der Waals surface area contributed by atoms with Gasteiger partial charge in [-0.15, -0.1) is 0 Å². The number of anilines is 2. The lowest BCUT2D eigenvalue weighted by Crippen LogP contribution is -2.18. The number of rotatable bonds is 5. The molecule has 0 radical (unpaired) electrons. The van der Waals surface area contributed by atoms with E-state index in [0.29, 0.717) is 6.07 Å². The Morgan fingerprint density at radius 3 is 2.50 bits per heavy atom. The highest BCUT2D eigenvalue weighted by molar-refractivity contribution is 7.92. The number of benzene rings is 2. The highest BCUT2D eigenvalue weighted by Crippen LogP contribution is 2.37. The molecule has 0 fully saturated rings. The molecule has 0 aliphatic heterocycles. The fraction of sp³-hybridized carbons (Fsp3) is 0.111. The van der Waals surface area contributed by atoms with E-state index in [1.54, 1.807) is 0 Å². The van der Waals surface area contributed by atoms with Gasteiger partial charge in [-0.05, 0) is 43.3 Å². The molecule has 1 aromatic heterocycles. The molecule has 1 amide bonds. The van der Waals surface area contributed by atoms with Crippen molar-refractivity contribution in [3.63, 3.8) is 0 Å². The summed E-state index contributed by atoms with van der Waals surface area (Å²) in [6.07, 6.45) is -3.77. The van der Waals surface area contributed by atoms with Crippen LogP contribution >= 0.6 is 11.6 Å². The molecular formula is C18H13ClF3N3O4S. The molecule has 158 valence electrons. The number of carbonyl (C=O) groups excluding carboxylic acids is 1. The first-order chi connectivity index (χ1) is 14.0. The van der Waals surface area contributed by atoms with Gasteiger partial charge in [0.15, 0.2) is 0 Å².